The first kappa shape index (κ1) is 26.1. The Bertz CT molecular complexity index is 892. The highest BCUT2D eigenvalue weighted by Gasteiger charge is 2.09. The lowest BCUT2D eigenvalue weighted by Crippen LogP contribution is -2.31. The highest BCUT2D eigenvalue weighted by molar-refractivity contribution is 5.87. The van der Waals surface area contributed by atoms with Crippen molar-refractivity contribution in [1.29, 1.82) is 0 Å². The summed E-state index contributed by atoms with van der Waals surface area (Å²) in [4.78, 5) is 0. The second-order valence-electron chi connectivity index (χ2n) is 6.91. The first-order valence-electron chi connectivity index (χ1n) is 9.61. The third kappa shape index (κ3) is 7.74. The predicted octanol–water partition coefficient (Wildman–Crippen LogP) is 4.46. The minimum Gasteiger partial charge on any atom is -0.489 e. The number of aliphatic hydroxyl groups is 1. The number of fused-ring (bicyclic) bond motifs is 1. The molecule has 4 nitrogen and oxygen atoms in total. The van der Waals surface area contributed by atoms with Gasteiger partial charge in [0, 0.05) is 31.7 Å². The molecule has 0 aliphatic heterocycles. The smallest absolute Gasteiger partial charge is 0.124 e. The Morgan fingerprint density at radius 2 is 1.63 bits per heavy atom. The molecule has 3 aromatic rings. The van der Waals surface area contributed by atoms with Crippen LogP contribution in [0.1, 0.15) is 18.1 Å². The van der Waals surface area contributed by atoms with Crippen molar-refractivity contribution >= 4 is 35.6 Å². The molecule has 3 aromatic carbocycles. The molecule has 0 spiro atoms. The van der Waals surface area contributed by atoms with Crippen LogP contribution in [0.4, 0.5) is 4.39 Å². The van der Waals surface area contributed by atoms with E-state index in [4.69, 9.17) is 4.74 Å². The Morgan fingerprint density at radius 3 is 2.37 bits per heavy atom. The first-order valence-corrected chi connectivity index (χ1v) is 9.61. The zero-order chi connectivity index (χ0) is 19.8. The summed E-state index contributed by atoms with van der Waals surface area (Å²) in [6, 6.07) is 18.7. The number of aliphatic hydroxyl groups excluding tert-OH is 1. The Labute approximate surface area is 189 Å². The molecule has 7 heteroatoms. The summed E-state index contributed by atoms with van der Waals surface area (Å²) in [5.41, 5.74) is 2.03. The van der Waals surface area contributed by atoms with E-state index in [-0.39, 0.29) is 36.7 Å². The van der Waals surface area contributed by atoms with Gasteiger partial charge in [0.25, 0.3) is 0 Å². The van der Waals surface area contributed by atoms with Crippen LogP contribution < -0.4 is 15.4 Å². The Hall–Kier alpha value is -1.89. The summed E-state index contributed by atoms with van der Waals surface area (Å²) >= 11 is 0. The lowest BCUT2D eigenvalue weighted by molar-refractivity contribution is 0.191. The van der Waals surface area contributed by atoms with Gasteiger partial charge in [0.2, 0.25) is 0 Å². The molecule has 164 valence electrons. The van der Waals surface area contributed by atoms with Crippen LogP contribution in [-0.2, 0) is 13.2 Å². The van der Waals surface area contributed by atoms with Gasteiger partial charge in [-0.1, -0.05) is 42.5 Å². The van der Waals surface area contributed by atoms with Crippen molar-refractivity contribution in [3.63, 3.8) is 0 Å². The number of nitrogens with one attached hydrogen (secondary N) is 2. The van der Waals surface area contributed by atoms with Crippen LogP contribution in [0.25, 0.3) is 10.8 Å². The Balaban J connectivity index is 0.00000225. The van der Waals surface area contributed by atoms with Crippen LogP contribution in [0.2, 0.25) is 0 Å². The Morgan fingerprint density at radius 1 is 0.933 bits per heavy atom. The molecule has 0 aromatic heterocycles. The van der Waals surface area contributed by atoms with Crippen molar-refractivity contribution in [3.8, 4) is 5.75 Å². The summed E-state index contributed by atoms with van der Waals surface area (Å²) in [7, 11) is 0. The summed E-state index contributed by atoms with van der Waals surface area (Å²) in [5.74, 6) is 0.580. The molecule has 30 heavy (non-hydrogen) atoms. The number of hydrogen-bond donors (Lipinski definition) is 3. The van der Waals surface area contributed by atoms with Crippen LogP contribution in [0.3, 0.4) is 0 Å². The highest BCUT2D eigenvalue weighted by Crippen LogP contribution is 2.28. The van der Waals surface area contributed by atoms with Gasteiger partial charge in [-0.05, 0) is 41.5 Å². The van der Waals surface area contributed by atoms with Crippen molar-refractivity contribution in [3.05, 3.63) is 77.6 Å². The molecule has 3 N–H and O–H groups in total. The molecule has 0 aliphatic carbocycles. The van der Waals surface area contributed by atoms with Crippen molar-refractivity contribution in [1.82, 2.24) is 10.6 Å². The molecule has 0 bridgehead atoms. The van der Waals surface area contributed by atoms with E-state index in [9.17, 15) is 9.50 Å². The average molecular weight is 455 g/mol. The van der Waals surface area contributed by atoms with Crippen LogP contribution >= 0.6 is 24.8 Å². The minimum absolute atomic E-state index is 0. The topological polar surface area (TPSA) is 53.5 Å². The molecule has 1 atom stereocenters. The number of rotatable bonds is 10. The van der Waals surface area contributed by atoms with Crippen LogP contribution in [0.15, 0.2) is 60.7 Å². The molecule has 1 unspecified atom stereocenters. The third-order valence-corrected chi connectivity index (χ3v) is 4.53. The molecule has 0 radical (unpaired) electrons. The van der Waals surface area contributed by atoms with E-state index < -0.39 is 0 Å². The van der Waals surface area contributed by atoms with Gasteiger partial charge in [-0.15, -0.1) is 24.8 Å². The van der Waals surface area contributed by atoms with E-state index in [1.54, 1.807) is 19.1 Å². The molecule has 0 heterocycles. The fraction of sp³-hybridized carbons (Fsp3) is 0.304. The summed E-state index contributed by atoms with van der Waals surface area (Å²) < 4.78 is 19.2. The lowest BCUT2D eigenvalue weighted by atomic mass is 10.0. The zero-order valence-electron chi connectivity index (χ0n) is 16.9. The van der Waals surface area contributed by atoms with Crippen molar-refractivity contribution < 1.29 is 14.2 Å². The second kappa shape index (κ2) is 13.4. The van der Waals surface area contributed by atoms with Gasteiger partial charge in [-0.3, -0.25) is 0 Å². The summed E-state index contributed by atoms with van der Waals surface area (Å²) in [6.07, 6.45) is -0.343. The van der Waals surface area contributed by atoms with Gasteiger partial charge in [0.15, 0.2) is 0 Å². The monoisotopic (exact) mass is 454 g/mol. The third-order valence-electron chi connectivity index (χ3n) is 4.53. The number of ether oxygens (including phenoxy) is 1. The van der Waals surface area contributed by atoms with Crippen LogP contribution in [0, 0.1) is 5.82 Å². The standard InChI is InChI=1S/C23H27FN2O2.2ClH/c1-17(27)14-25-12-13-26-15-22-21-5-3-2-4-19(21)8-11-23(22)28-16-18-6-9-20(24)10-7-18;;/h2-11,17,25-27H,12-16H2,1H3;2*1H. The molecule has 0 saturated heterocycles. The lowest BCUT2D eigenvalue weighted by Gasteiger charge is -2.15. The molecule has 0 amide bonds. The SMILES string of the molecule is CC(O)CNCCNCc1c(OCc2ccc(F)cc2)ccc2ccccc12.Cl.Cl. The van der Waals surface area contributed by atoms with Crippen molar-refractivity contribution in [2.24, 2.45) is 0 Å². The first-order chi connectivity index (χ1) is 13.6. The maximum absolute atomic E-state index is 13.1. The number of halogens is 3. The van der Waals surface area contributed by atoms with Gasteiger partial charge >= 0.3 is 0 Å². The van der Waals surface area contributed by atoms with Gasteiger partial charge in [0.05, 0.1) is 6.10 Å². The Kier molecular flexibility index (Phi) is 11.7. The molecule has 0 fully saturated rings. The summed E-state index contributed by atoms with van der Waals surface area (Å²) in [5, 5.41) is 18.3. The number of hydrogen-bond acceptors (Lipinski definition) is 4. The zero-order valence-corrected chi connectivity index (χ0v) is 18.6. The largest absolute Gasteiger partial charge is 0.489 e. The van der Waals surface area contributed by atoms with Crippen LogP contribution in [0.5, 0.6) is 5.75 Å². The highest BCUT2D eigenvalue weighted by atomic mass is 35.5. The number of benzene rings is 3. The molecule has 3 rings (SSSR count). The maximum atomic E-state index is 13.1. The molecule has 0 saturated carbocycles. The van der Waals surface area contributed by atoms with Crippen molar-refractivity contribution in [2.75, 3.05) is 19.6 Å². The average Bonchev–Trinajstić information content (AvgIpc) is 2.70. The second-order valence-corrected chi connectivity index (χ2v) is 6.91. The molecule has 0 aliphatic rings. The van der Waals surface area contributed by atoms with Crippen LogP contribution in [-0.4, -0.2) is 30.8 Å². The normalized spacial score (nSPS) is 11.4. The van der Waals surface area contributed by atoms with Gasteiger partial charge < -0.3 is 20.5 Å². The molecular formula is C23H29Cl2FN2O2. The van der Waals surface area contributed by atoms with E-state index in [2.05, 4.69) is 28.8 Å². The fourth-order valence-electron chi connectivity index (χ4n) is 3.08. The van der Waals surface area contributed by atoms with E-state index in [0.29, 0.717) is 19.7 Å². The fourth-order valence-corrected chi connectivity index (χ4v) is 3.08. The van der Waals surface area contributed by atoms with Crippen molar-refractivity contribution in [2.45, 2.75) is 26.2 Å². The van der Waals surface area contributed by atoms with E-state index >= 15 is 0 Å². The predicted molar refractivity (Wildman–Crippen MR) is 125 cm³/mol. The van der Waals surface area contributed by atoms with E-state index in [0.717, 1.165) is 35.4 Å². The maximum Gasteiger partial charge on any atom is 0.124 e. The van der Waals surface area contributed by atoms with E-state index in [1.165, 1.54) is 17.5 Å². The quantitative estimate of drug-likeness (QED) is 0.395. The van der Waals surface area contributed by atoms with Gasteiger partial charge in [0.1, 0.15) is 18.2 Å². The minimum atomic E-state index is -0.343. The van der Waals surface area contributed by atoms with E-state index in [1.807, 2.05) is 18.2 Å². The van der Waals surface area contributed by atoms with Gasteiger partial charge in [-0.25, -0.2) is 4.39 Å². The summed E-state index contributed by atoms with van der Waals surface area (Å²) in [6.45, 7) is 4.98. The molecular weight excluding hydrogens is 426 g/mol. The van der Waals surface area contributed by atoms with Gasteiger partial charge in [-0.2, -0.15) is 0 Å².